The Hall–Kier alpha value is -3.79. The molecule has 7 nitrogen and oxygen atoms in total. The first kappa shape index (κ1) is 24.5. The quantitative estimate of drug-likeness (QED) is 0.249. The molecule has 10 heteroatoms. The Kier molecular flexibility index (Phi) is 6.35. The summed E-state index contributed by atoms with van der Waals surface area (Å²) in [6, 6.07) is 26.8. The second-order valence-electron chi connectivity index (χ2n) is 8.98. The zero-order valence-electron chi connectivity index (χ0n) is 20.2. The van der Waals surface area contributed by atoms with Gasteiger partial charge in [0.2, 0.25) is 16.0 Å². The van der Waals surface area contributed by atoms with Crippen molar-refractivity contribution in [2.24, 2.45) is 5.10 Å². The number of sulfonamides is 1. The first-order chi connectivity index (χ1) is 18.3. The van der Waals surface area contributed by atoms with E-state index in [4.69, 9.17) is 26.7 Å². The van der Waals surface area contributed by atoms with Crippen molar-refractivity contribution in [1.82, 2.24) is 9.97 Å². The van der Waals surface area contributed by atoms with Gasteiger partial charge in [-0.15, -0.1) is 11.3 Å². The molecule has 0 radical (unpaired) electrons. The van der Waals surface area contributed by atoms with Crippen molar-refractivity contribution in [3.63, 3.8) is 0 Å². The Bertz CT molecular complexity index is 1770. The zero-order chi connectivity index (χ0) is 26.3. The number of hydrogen-bond acceptors (Lipinski definition) is 7. The zero-order valence-corrected chi connectivity index (χ0v) is 22.6. The van der Waals surface area contributed by atoms with Gasteiger partial charge in [-0.2, -0.15) is 5.10 Å². The molecular weight excluding hydrogens is 538 g/mol. The van der Waals surface area contributed by atoms with E-state index in [2.05, 4.69) is 10.8 Å². The van der Waals surface area contributed by atoms with Crippen molar-refractivity contribution in [3.05, 3.63) is 106 Å². The van der Waals surface area contributed by atoms with Crippen LogP contribution in [0.4, 0.5) is 11.6 Å². The van der Waals surface area contributed by atoms with Crippen LogP contribution in [0.1, 0.15) is 22.9 Å². The largest absolute Gasteiger partial charge is 0.284 e. The van der Waals surface area contributed by atoms with Gasteiger partial charge >= 0.3 is 0 Å². The summed E-state index contributed by atoms with van der Waals surface area (Å²) in [6.07, 6.45) is 1.75. The summed E-state index contributed by atoms with van der Waals surface area (Å²) in [7, 11) is -3.40. The number of nitrogens with zero attached hydrogens (tertiary/aromatic N) is 4. The second-order valence-corrected chi connectivity index (χ2v) is 12.1. The van der Waals surface area contributed by atoms with Crippen LogP contribution in [0.3, 0.4) is 0 Å². The van der Waals surface area contributed by atoms with Gasteiger partial charge in [-0.1, -0.05) is 60.1 Å². The van der Waals surface area contributed by atoms with Crippen LogP contribution in [0.25, 0.3) is 22.2 Å². The minimum Gasteiger partial charge on any atom is -0.284 e. The molecule has 2 aromatic heterocycles. The van der Waals surface area contributed by atoms with E-state index < -0.39 is 10.0 Å². The Morgan fingerprint density at radius 2 is 1.76 bits per heavy atom. The Labute approximate surface area is 229 Å². The van der Waals surface area contributed by atoms with E-state index >= 15 is 0 Å². The highest BCUT2D eigenvalue weighted by Crippen LogP contribution is 2.39. The molecule has 1 N–H and O–H groups in total. The monoisotopic (exact) mass is 559 g/mol. The van der Waals surface area contributed by atoms with Crippen LogP contribution in [0.2, 0.25) is 5.02 Å². The van der Waals surface area contributed by atoms with Gasteiger partial charge in [0.15, 0.2) is 0 Å². The van der Waals surface area contributed by atoms with Crippen LogP contribution in [0.5, 0.6) is 0 Å². The highest BCUT2D eigenvalue weighted by Gasteiger charge is 2.33. The smallest absolute Gasteiger partial charge is 0.247 e. The van der Waals surface area contributed by atoms with Crippen LogP contribution in [0.15, 0.2) is 95.4 Å². The van der Waals surface area contributed by atoms with Crippen LogP contribution in [-0.4, -0.2) is 30.4 Å². The van der Waals surface area contributed by atoms with E-state index in [0.717, 1.165) is 44.6 Å². The van der Waals surface area contributed by atoms with Gasteiger partial charge in [-0.05, 0) is 47.3 Å². The van der Waals surface area contributed by atoms with Crippen LogP contribution >= 0.6 is 22.9 Å². The number of hydrazone groups is 1. The Morgan fingerprint density at radius 1 is 0.947 bits per heavy atom. The molecule has 0 bridgehead atoms. The molecule has 6 rings (SSSR count). The van der Waals surface area contributed by atoms with Crippen LogP contribution < -0.4 is 9.73 Å². The average Bonchev–Trinajstić information content (AvgIpc) is 3.58. The summed E-state index contributed by atoms with van der Waals surface area (Å²) >= 11 is 8.00. The van der Waals surface area contributed by atoms with E-state index in [1.165, 1.54) is 0 Å². The minimum atomic E-state index is -3.40. The van der Waals surface area contributed by atoms with E-state index in [1.807, 2.05) is 77.1 Å². The van der Waals surface area contributed by atoms with Crippen molar-refractivity contribution in [1.29, 1.82) is 0 Å². The van der Waals surface area contributed by atoms with Crippen molar-refractivity contribution in [2.75, 3.05) is 16.0 Å². The summed E-state index contributed by atoms with van der Waals surface area (Å²) in [4.78, 5) is 11.0. The van der Waals surface area contributed by atoms with Gasteiger partial charge in [0.1, 0.15) is 0 Å². The van der Waals surface area contributed by atoms with Crippen molar-refractivity contribution in [2.45, 2.75) is 12.5 Å². The van der Waals surface area contributed by atoms with E-state index in [-0.39, 0.29) is 6.04 Å². The molecule has 38 heavy (non-hydrogen) atoms. The molecular formula is C28H22ClN5O2S2. The third-order valence-corrected chi connectivity index (χ3v) is 7.99. The lowest BCUT2D eigenvalue weighted by Gasteiger charge is -2.21. The molecule has 0 saturated heterocycles. The SMILES string of the molecule is CS(=O)(=O)Nc1cccc(C2=NN(c3nc(-c4ccccc4)c4cc(Cl)ccc4n3)C(c3cccs3)C2)c1. The number of hydrogen-bond donors (Lipinski definition) is 1. The number of fused-ring (bicyclic) bond motifs is 1. The highest BCUT2D eigenvalue weighted by atomic mass is 35.5. The summed E-state index contributed by atoms with van der Waals surface area (Å²) in [5, 5.41) is 10.4. The maximum absolute atomic E-state index is 11.8. The first-order valence-electron chi connectivity index (χ1n) is 11.9. The number of anilines is 2. The van der Waals surface area contributed by atoms with Gasteiger partial charge in [0.25, 0.3) is 0 Å². The van der Waals surface area contributed by atoms with E-state index in [0.29, 0.717) is 23.1 Å². The van der Waals surface area contributed by atoms with Crippen molar-refractivity contribution < 1.29 is 8.42 Å². The van der Waals surface area contributed by atoms with Gasteiger partial charge in [0, 0.05) is 33.0 Å². The molecule has 3 heterocycles. The number of benzene rings is 3. The molecule has 0 amide bonds. The molecule has 0 aliphatic carbocycles. The lowest BCUT2D eigenvalue weighted by Crippen LogP contribution is -2.20. The summed E-state index contributed by atoms with van der Waals surface area (Å²) in [5.41, 5.74) is 4.65. The summed E-state index contributed by atoms with van der Waals surface area (Å²) in [6.45, 7) is 0. The topological polar surface area (TPSA) is 87.5 Å². The minimum absolute atomic E-state index is 0.107. The lowest BCUT2D eigenvalue weighted by atomic mass is 10.0. The molecule has 1 unspecified atom stereocenters. The lowest BCUT2D eigenvalue weighted by molar-refractivity contribution is 0.607. The summed E-state index contributed by atoms with van der Waals surface area (Å²) < 4.78 is 26.1. The Morgan fingerprint density at radius 3 is 2.53 bits per heavy atom. The van der Waals surface area contributed by atoms with Gasteiger partial charge in [-0.3, -0.25) is 4.72 Å². The molecule has 1 aliphatic rings. The predicted molar refractivity (Wildman–Crippen MR) is 156 cm³/mol. The molecule has 5 aromatic rings. The molecule has 3 aromatic carbocycles. The van der Waals surface area contributed by atoms with Gasteiger partial charge in [-0.25, -0.2) is 23.4 Å². The second kappa shape index (κ2) is 9.83. The molecule has 1 aliphatic heterocycles. The summed E-state index contributed by atoms with van der Waals surface area (Å²) in [5.74, 6) is 0.484. The number of aromatic nitrogens is 2. The average molecular weight is 560 g/mol. The van der Waals surface area contributed by atoms with Gasteiger partial charge < -0.3 is 0 Å². The maximum atomic E-state index is 11.8. The van der Waals surface area contributed by atoms with Gasteiger partial charge in [0.05, 0.1) is 29.2 Å². The fourth-order valence-electron chi connectivity index (χ4n) is 4.56. The first-order valence-corrected chi connectivity index (χ1v) is 15.0. The molecule has 0 fully saturated rings. The highest BCUT2D eigenvalue weighted by molar-refractivity contribution is 7.92. The third-order valence-electron chi connectivity index (χ3n) is 6.18. The number of rotatable bonds is 6. The normalized spacial score (nSPS) is 15.6. The standard InChI is InChI=1S/C28H22ClN5O2S2/c1-38(35,36)33-21-10-5-9-19(15-21)24-17-25(26-11-6-14-37-26)34(32-24)28-30-23-13-12-20(29)16-22(23)27(31-28)18-7-3-2-4-8-18/h2-16,25,33H,17H2,1H3. The third kappa shape index (κ3) is 5.00. The molecule has 0 saturated carbocycles. The fourth-order valence-corrected chi connectivity index (χ4v) is 6.09. The van der Waals surface area contributed by atoms with E-state index in [9.17, 15) is 8.42 Å². The number of thiophene rings is 1. The Balaban J connectivity index is 1.49. The van der Waals surface area contributed by atoms with E-state index in [1.54, 1.807) is 23.5 Å². The fraction of sp³-hybridized carbons (Fsp3) is 0.107. The van der Waals surface area contributed by atoms with Crippen molar-refractivity contribution >= 4 is 61.2 Å². The number of nitrogens with one attached hydrogen (secondary N) is 1. The molecule has 190 valence electrons. The van der Waals surface area contributed by atoms with Crippen molar-refractivity contribution in [3.8, 4) is 11.3 Å². The van der Waals surface area contributed by atoms with Crippen LogP contribution in [0, 0.1) is 0 Å². The number of halogens is 1. The predicted octanol–water partition coefficient (Wildman–Crippen LogP) is 6.74. The molecule has 0 spiro atoms. The molecule has 1 atom stereocenters. The van der Waals surface area contributed by atoms with Crippen LogP contribution in [-0.2, 0) is 10.0 Å². The maximum Gasteiger partial charge on any atom is 0.247 e.